The fourth-order valence-electron chi connectivity index (χ4n) is 2.52. The third-order valence-electron chi connectivity index (χ3n) is 3.79. The number of nitrogens with one attached hydrogen (secondary N) is 1. The predicted molar refractivity (Wildman–Crippen MR) is 110 cm³/mol. The fourth-order valence-corrected chi connectivity index (χ4v) is 3.38. The first-order valence-electron chi connectivity index (χ1n) is 8.46. The van der Waals surface area contributed by atoms with Crippen molar-refractivity contribution >= 4 is 46.1 Å². The maximum absolute atomic E-state index is 12.3. The van der Waals surface area contributed by atoms with Gasteiger partial charge in [0.2, 0.25) is 0 Å². The molecule has 0 spiro atoms. The average molecular weight is 420 g/mol. The molecule has 1 heterocycles. The van der Waals surface area contributed by atoms with E-state index in [1.165, 1.54) is 16.8 Å². The molecule has 0 unspecified atom stereocenters. The molecule has 0 saturated heterocycles. The van der Waals surface area contributed by atoms with Crippen LogP contribution in [-0.4, -0.2) is 46.1 Å². The van der Waals surface area contributed by atoms with Gasteiger partial charge in [0, 0.05) is 16.5 Å². The van der Waals surface area contributed by atoms with Crippen molar-refractivity contribution in [2.45, 2.75) is 6.54 Å². The summed E-state index contributed by atoms with van der Waals surface area (Å²) in [6.45, 7) is -0.0481. The van der Waals surface area contributed by atoms with Crippen LogP contribution in [0.5, 0.6) is 0 Å². The third kappa shape index (κ3) is 5.48. The molecule has 0 atom stereocenters. The van der Waals surface area contributed by atoms with E-state index >= 15 is 0 Å². The van der Waals surface area contributed by atoms with Crippen LogP contribution in [0.2, 0.25) is 5.02 Å². The number of nitrogens with zero attached hydrogens (tertiary/aromatic N) is 2. The minimum Gasteiger partial charge on any atom is -0.447 e. The monoisotopic (exact) mass is 419 g/mol. The van der Waals surface area contributed by atoms with Gasteiger partial charge in [-0.05, 0) is 35.4 Å². The highest BCUT2D eigenvalue weighted by Crippen LogP contribution is 2.23. The van der Waals surface area contributed by atoms with Crippen LogP contribution in [0.25, 0.3) is 0 Å². The summed E-state index contributed by atoms with van der Waals surface area (Å²) in [5.41, 5.74) is 3.04. The zero-order valence-corrected chi connectivity index (χ0v) is 16.4. The molecule has 0 fully saturated rings. The second-order valence-electron chi connectivity index (χ2n) is 5.85. The van der Waals surface area contributed by atoms with Crippen LogP contribution in [-0.2, 0) is 11.3 Å². The van der Waals surface area contributed by atoms with Crippen LogP contribution in [0.4, 0.5) is 15.3 Å². The summed E-state index contributed by atoms with van der Waals surface area (Å²) >= 11 is 7.11. The Bertz CT molecular complexity index is 889. The van der Waals surface area contributed by atoms with Crippen LogP contribution in [0.3, 0.4) is 0 Å². The number of halogens is 1. The minimum absolute atomic E-state index is 0.0762. The van der Waals surface area contributed by atoms with Gasteiger partial charge in [0.25, 0.3) is 0 Å². The van der Waals surface area contributed by atoms with E-state index in [9.17, 15) is 9.59 Å². The Morgan fingerprint density at radius 3 is 2.82 bits per heavy atom. The highest BCUT2D eigenvalue weighted by Gasteiger charge is 2.22. The number of rotatable bonds is 6. The van der Waals surface area contributed by atoms with Crippen molar-refractivity contribution in [1.29, 1.82) is 0 Å². The van der Waals surface area contributed by atoms with E-state index in [1.54, 1.807) is 30.3 Å². The number of thioether (sulfide) groups is 1. The number of aliphatic hydroxyl groups is 1. The molecule has 2 amide bonds. The minimum atomic E-state index is -0.654. The zero-order chi connectivity index (χ0) is 19.9. The molecule has 146 valence electrons. The van der Waals surface area contributed by atoms with Crippen molar-refractivity contribution < 1.29 is 19.4 Å². The van der Waals surface area contributed by atoms with Gasteiger partial charge in [-0.3, -0.25) is 10.1 Å². The first-order valence-corrected chi connectivity index (χ1v) is 9.83. The largest absolute Gasteiger partial charge is 0.447 e. The standard InChI is InChI=1S/C19H18ClN3O4S/c20-15-6-4-14(5-7-15)17-12-28-19(26)23(22-17)11-13-2-1-3-16(10-13)21-18(25)27-9-8-24/h1-7,10,24H,8-9,11-12H2,(H,21,25). The highest BCUT2D eigenvalue weighted by molar-refractivity contribution is 8.14. The van der Waals surface area contributed by atoms with E-state index in [4.69, 9.17) is 21.4 Å². The van der Waals surface area contributed by atoms with E-state index in [1.807, 2.05) is 18.2 Å². The number of ether oxygens (including phenoxy) is 1. The van der Waals surface area contributed by atoms with E-state index in [0.717, 1.165) is 16.8 Å². The van der Waals surface area contributed by atoms with Gasteiger partial charge in [-0.2, -0.15) is 5.10 Å². The van der Waals surface area contributed by atoms with Crippen molar-refractivity contribution in [1.82, 2.24) is 5.01 Å². The summed E-state index contributed by atoms with van der Waals surface area (Å²) in [6, 6.07) is 14.4. The third-order valence-corrected chi connectivity index (χ3v) is 4.92. The fraction of sp³-hybridized carbons (Fsp3) is 0.211. The van der Waals surface area contributed by atoms with Crippen molar-refractivity contribution in [3.63, 3.8) is 0 Å². The maximum atomic E-state index is 12.3. The molecule has 2 aromatic carbocycles. The average Bonchev–Trinajstić information content (AvgIpc) is 2.69. The lowest BCUT2D eigenvalue weighted by Gasteiger charge is -2.23. The second-order valence-corrected chi connectivity index (χ2v) is 7.21. The molecule has 0 radical (unpaired) electrons. The van der Waals surface area contributed by atoms with Crippen LogP contribution in [0.15, 0.2) is 53.6 Å². The van der Waals surface area contributed by atoms with Crippen molar-refractivity contribution in [3.05, 3.63) is 64.7 Å². The highest BCUT2D eigenvalue weighted by atomic mass is 35.5. The predicted octanol–water partition coefficient (Wildman–Crippen LogP) is 3.95. The van der Waals surface area contributed by atoms with Crippen molar-refractivity contribution in [2.75, 3.05) is 24.3 Å². The Balaban J connectivity index is 1.71. The second kappa shape index (κ2) is 9.59. The summed E-state index contributed by atoms with van der Waals surface area (Å²) < 4.78 is 4.77. The Morgan fingerprint density at radius 2 is 2.07 bits per heavy atom. The molecular formula is C19H18ClN3O4S. The summed E-state index contributed by atoms with van der Waals surface area (Å²) in [7, 11) is 0. The van der Waals surface area contributed by atoms with Gasteiger partial charge in [-0.1, -0.05) is 47.6 Å². The van der Waals surface area contributed by atoms with Crippen molar-refractivity contribution in [3.8, 4) is 0 Å². The van der Waals surface area contributed by atoms with Gasteiger partial charge < -0.3 is 9.84 Å². The van der Waals surface area contributed by atoms with Crippen LogP contribution < -0.4 is 5.32 Å². The smallest absolute Gasteiger partial charge is 0.411 e. The van der Waals surface area contributed by atoms with Gasteiger partial charge in [-0.15, -0.1) is 0 Å². The summed E-state index contributed by atoms with van der Waals surface area (Å²) in [4.78, 5) is 23.9. The topological polar surface area (TPSA) is 91.2 Å². The summed E-state index contributed by atoms with van der Waals surface area (Å²) in [5.74, 6) is 0.495. The van der Waals surface area contributed by atoms with E-state index in [0.29, 0.717) is 16.5 Å². The number of hydrazone groups is 1. The molecule has 1 aliphatic rings. The normalized spacial score (nSPS) is 13.9. The molecule has 7 nitrogen and oxygen atoms in total. The number of benzene rings is 2. The van der Waals surface area contributed by atoms with Gasteiger partial charge in [0.1, 0.15) is 6.61 Å². The maximum Gasteiger partial charge on any atom is 0.411 e. The van der Waals surface area contributed by atoms with E-state index in [-0.39, 0.29) is 25.0 Å². The molecule has 0 saturated carbocycles. The molecule has 28 heavy (non-hydrogen) atoms. The van der Waals surface area contributed by atoms with E-state index < -0.39 is 6.09 Å². The zero-order valence-electron chi connectivity index (χ0n) is 14.8. The molecule has 0 aliphatic carbocycles. The number of carbonyl (C=O) groups is 2. The first-order chi connectivity index (χ1) is 13.5. The Labute approximate surface area is 171 Å². The van der Waals surface area contributed by atoms with Crippen LogP contribution in [0, 0.1) is 0 Å². The van der Waals surface area contributed by atoms with Gasteiger partial charge in [-0.25, -0.2) is 9.80 Å². The molecular weight excluding hydrogens is 402 g/mol. The molecule has 0 aromatic heterocycles. The number of carbonyl (C=O) groups excluding carboxylic acids is 2. The lowest BCUT2D eigenvalue weighted by atomic mass is 10.1. The Kier molecular flexibility index (Phi) is 6.91. The number of aliphatic hydroxyl groups excluding tert-OH is 1. The number of anilines is 1. The number of hydrogen-bond acceptors (Lipinski definition) is 6. The lowest BCUT2D eigenvalue weighted by Crippen LogP contribution is -2.29. The van der Waals surface area contributed by atoms with Crippen LogP contribution in [0.1, 0.15) is 11.1 Å². The Hall–Kier alpha value is -2.55. The number of amides is 2. The van der Waals surface area contributed by atoms with Gasteiger partial charge in [0.05, 0.1) is 18.9 Å². The first kappa shape index (κ1) is 20.2. The molecule has 9 heteroatoms. The number of hydrogen-bond donors (Lipinski definition) is 2. The lowest BCUT2D eigenvalue weighted by molar-refractivity contribution is 0.131. The van der Waals surface area contributed by atoms with Gasteiger partial charge in [0.15, 0.2) is 0 Å². The molecule has 2 aromatic rings. The van der Waals surface area contributed by atoms with E-state index in [2.05, 4.69) is 10.4 Å². The summed E-state index contributed by atoms with van der Waals surface area (Å²) in [5, 5.41) is 17.7. The molecule has 0 bridgehead atoms. The summed E-state index contributed by atoms with van der Waals surface area (Å²) in [6.07, 6.45) is -0.654. The quantitative estimate of drug-likeness (QED) is 0.739. The Morgan fingerprint density at radius 1 is 1.29 bits per heavy atom. The van der Waals surface area contributed by atoms with Crippen LogP contribution >= 0.6 is 23.4 Å². The van der Waals surface area contributed by atoms with Crippen molar-refractivity contribution in [2.24, 2.45) is 5.10 Å². The SMILES string of the molecule is O=C(Nc1cccc(CN2N=C(c3ccc(Cl)cc3)CSC2=O)c1)OCCO. The molecule has 3 rings (SSSR count). The molecule has 1 aliphatic heterocycles. The van der Waals surface area contributed by atoms with Gasteiger partial charge >= 0.3 is 11.3 Å². The molecule has 2 N–H and O–H groups in total.